The first-order valence-electron chi connectivity index (χ1n) is 3.47. The third kappa shape index (κ3) is 13.9. The van der Waals surface area contributed by atoms with E-state index < -0.39 is 11.9 Å². The molecule has 0 fully saturated rings. The van der Waals surface area contributed by atoms with Crippen molar-refractivity contribution in [1.82, 2.24) is 0 Å². The molecule has 0 unspecified atom stereocenters. The Bertz CT molecular complexity index is 246. The normalized spacial score (nSPS) is 10.7. The summed E-state index contributed by atoms with van der Waals surface area (Å²) in [5.41, 5.74) is 0. The van der Waals surface area contributed by atoms with Crippen LogP contribution >= 0.6 is 23.2 Å². The van der Waals surface area contributed by atoms with Crippen molar-refractivity contribution >= 4 is 35.1 Å². The average Bonchev–Trinajstić information content (AvgIpc) is 2.15. The van der Waals surface area contributed by atoms with Crippen LogP contribution in [0.4, 0.5) is 0 Å². The molecule has 4 nitrogen and oxygen atoms in total. The molecule has 0 heterocycles. The van der Waals surface area contributed by atoms with Gasteiger partial charge in [-0.1, -0.05) is 35.4 Å². The molecule has 0 aliphatic carbocycles. The molecular weight excluding hydrogens is 343 g/mol. The van der Waals surface area contributed by atoms with Crippen LogP contribution in [0.1, 0.15) is 13.8 Å². The summed E-state index contributed by atoms with van der Waals surface area (Å²) >= 11 is 10.1. The third-order valence-electron chi connectivity index (χ3n) is 0.916. The fourth-order valence-electron chi connectivity index (χ4n) is 0.247. The van der Waals surface area contributed by atoms with E-state index in [2.05, 4.69) is 0 Å². The summed E-state index contributed by atoms with van der Waals surface area (Å²) in [6.07, 6.45) is 2.65. The van der Waals surface area contributed by atoms with Crippen LogP contribution in [0, 0.1) is 0 Å². The number of carboxylic acid groups (broad SMARTS) is 2. The molecule has 0 saturated carbocycles. The zero-order valence-corrected chi connectivity index (χ0v) is 13.9. The van der Waals surface area contributed by atoms with Gasteiger partial charge >= 0.3 is 11.9 Å². The van der Waals surface area contributed by atoms with E-state index in [1.54, 1.807) is 13.8 Å². The number of carboxylic acids is 2. The van der Waals surface area contributed by atoms with Crippen molar-refractivity contribution in [3.63, 3.8) is 0 Å². The minimum absolute atomic E-state index is 0. The third-order valence-corrected chi connectivity index (χ3v) is 1.68. The van der Waals surface area contributed by atoms with Gasteiger partial charge in [0, 0.05) is 27.3 Å². The Kier molecular flexibility index (Phi) is 16.3. The van der Waals surface area contributed by atoms with Gasteiger partial charge in [-0.2, -0.15) is 0 Å². The topological polar surface area (TPSA) is 74.6 Å². The first kappa shape index (κ1) is 20.3. The van der Waals surface area contributed by atoms with Crippen LogP contribution in [0.3, 0.4) is 0 Å². The molecule has 0 atom stereocenters. The van der Waals surface area contributed by atoms with Gasteiger partial charge < -0.3 is 10.2 Å². The maximum atomic E-state index is 9.73. The van der Waals surface area contributed by atoms with E-state index in [1.165, 1.54) is 12.2 Å². The smallest absolute Gasteiger partial charge is 0.346 e. The van der Waals surface area contributed by atoms with Gasteiger partial charge in [-0.25, -0.2) is 9.59 Å². The summed E-state index contributed by atoms with van der Waals surface area (Å²) in [5.74, 6) is -2.16. The van der Waals surface area contributed by atoms with Crippen molar-refractivity contribution in [3.05, 3.63) is 22.2 Å². The second kappa shape index (κ2) is 12.0. The zero-order valence-electron chi connectivity index (χ0n) is 8.33. The Hall–Kier alpha value is -0.0779. The van der Waals surface area contributed by atoms with E-state index in [-0.39, 0.29) is 37.4 Å². The predicted molar refractivity (Wildman–Crippen MR) is 54.5 cm³/mol. The van der Waals surface area contributed by atoms with E-state index in [9.17, 15) is 9.59 Å². The first-order chi connectivity index (χ1) is 6.36. The van der Waals surface area contributed by atoms with Gasteiger partial charge in [0.15, 0.2) is 0 Å². The van der Waals surface area contributed by atoms with E-state index in [0.29, 0.717) is 0 Å². The largest absolute Gasteiger partial charge is 0.477 e. The van der Waals surface area contributed by atoms with Crippen LogP contribution in [-0.4, -0.2) is 22.2 Å². The molecule has 0 aliphatic heterocycles. The maximum absolute atomic E-state index is 9.73. The summed E-state index contributed by atoms with van der Waals surface area (Å²) < 4.78 is 0. The molecule has 7 heteroatoms. The van der Waals surface area contributed by atoms with E-state index in [4.69, 9.17) is 33.4 Å². The van der Waals surface area contributed by atoms with E-state index >= 15 is 0 Å². The fraction of sp³-hybridized carbons (Fsp3) is 0.250. The molecule has 0 amide bonds. The van der Waals surface area contributed by atoms with Crippen LogP contribution in [-0.2, 0) is 36.9 Å². The quantitative estimate of drug-likeness (QED) is 0.591. The minimum Gasteiger partial charge on any atom is -0.477 e. The molecule has 0 rings (SSSR count). The number of allylic oxidation sites excluding steroid dienone is 2. The van der Waals surface area contributed by atoms with Crippen molar-refractivity contribution in [3.8, 4) is 0 Å². The molecule has 0 bridgehead atoms. The predicted octanol–water partition coefficient (Wildman–Crippen LogP) is 2.42. The van der Waals surface area contributed by atoms with Gasteiger partial charge in [0.1, 0.15) is 10.1 Å². The Labute approximate surface area is 118 Å². The van der Waals surface area contributed by atoms with Crippen LogP contribution in [0.5, 0.6) is 0 Å². The molecule has 0 aromatic carbocycles. The van der Waals surface area contributed by atoms with Crippen LogP contribution < -0.4 is 0 Å². The number of hydrogen-bond donors (Lipinski definition) is 2. The molecule has 0 radical (unpaired) electrons. The molecule has 0 spiro atoms. The minimum atomic E-state index is -1.08. The van der Waals surface area contributed by atoms with Crippen molar-refractivity contribution in [2.75, 3.05) is 0 Å². The molecule has 0 aromatic rings. The Morgan fingerprint density at radius 3 is 1.13 bits per heavy atom. The first-order valence-corrected chi connectivity index (χ1v) is 4.22. The molecule has 15 heavy (non-hydrogen) atoms. The van der Waals surface area contributed by atoms with Gasteiger partial charge in [0.2, 0.25) is 0 Å². The second-order valence-electron chi connectivity index (χ2n) is 1.88. The van der Waals surface area contributed by atoms with E-state index in [1.807, 2.05) is 0 Å². The van der Waals surface area contributed by atoms with E-state index in [0.717, 1.165) is 0 Å². The Morgan fingerprint density at radius 2 is 1.13 bits per heavy atom. The van der Waals surface area contributed by atoms with Gasteiger partial charge in [-0.15, -0.1) is 0 Å². The maximum Gasteiger partial charge on any atom is 0.346 e. The molecule has 0 aromatic heterocycles. The van der Waals surface area contributed by atoms with Crippen molar-refractivity contribution in [2.24, 2.45) is 0 Å². The van der Waals surface area contributed by atoms with Crippen molar-refractivity contribution in [2.45, 2.75) is 13.8 Å². The average molecular weight is 353 g/mol. The number of carbonyl (C=O) groups is 2. The molecule has 0 aliphatic rings. The SMILES string of the molecule is C/C=C(\Cl)C(=O)O.C/C=C(\Cl)C(=O)O.[Cd]. The zero-order chi connectivity index (χ0) is 11.7. The van der Waals surface area contributed by atoms with Gasteiger partial charge in [0.25, 0.3) is 0 Å². The van der Waals surface area contributed by atoms with Crippen LogP contribution in [0.25, 0.3) is 0 Å². The number of hydrogen-bond acceptors (Lipinski definition) is 2. The Balaban J connectivity index is -0.000000180. The second-order valence-corrected chi connectivity index (χ2v) is 2.70. The molecule has 2 N–H and O–H groups in total. The van der Waals surface area contributed by atoms with Gasteiger partial charge in [0.05, 0.1) is 0 Å². The number of rotatable bonds is 2. The summed E-state index contributed by atoms with van der Waals surface area (Å²) in [6, 6.07) is 0. The Morgan fingerprint density at radius 1 is 0.933 bits per heavy atom. The molecule has 0 saturated heterocycles. The van der Waals surface area contributed by atoms with Crippen LogP contribution in [0.15, 0.2) is 22.2 Å². The van der Waals surface area contributed by atoms with Gasteiger partial charge in [-0.3, -0.25) is 0 Å². The fourth-order valence-corrected chi connectivity index (χ4v) is 0.247. The summed E-state index contributed by atoms with van der Waals surface area (Å²) in [4.78, 5) is 19.5. The monoisotopic (exact) mass is 354 g/mol. The number of halogens is 2. The molecular formula is C8H10CdCl2O4. The van der Waals surface area contributed by atoms with Crippen molar-refractivity contribution < 1.29 is 47.1 Å². The summed E-state index contributed by atoms with van der Waals surface area (Å²) in [5, 5.41) is 15.7. The van der Waals surface area contributed by atoms with Crippen molar-refractivity contribution in [1.29, 1.82) is 0 Å². The van der Waals surface area contributed by atoms with Crippen LogP contribution in [0.2, 0.25) is 0 Å². The number of aliphatic carboxylic acids is 2. The molecule has 82 valence electrons. The summed E-state index contributed by atoms with van der Waals surface area (Å²) in [7, 11) is 0. The van der Waals surface area contributed by atoms with Gasteiger partial charge in [-0.05, 0) is 13.8 Å². The standard InChI is InChI=1S/2C4H5ClO2.Cd/c2*1-2-3(5)4(6)7;/h2*2H,1H3,(H,6,7);/b2*3-2-;. The summed E-state index contributed by atoms with van der Waals surface area (Å²) in [6.45, 7) is 3.13.